The minimum atomic E-state index is -4.71. The van der Waals surface area contributed by atoms with Crippen LogP contribution < -0.4 is 9.80 Å². The molecular weight excluding hydrogens is 500 g/mol. The lowest BCUT2D eigenvalue weighted by Gasteiger charge is -2.33. The van der Waals surface area contributed by atoms with E-state index in [0.717, 1.165) is 25.0 Å². The topological polar surface area (TPSA) is 33.5 Å². The smallest absolute Gasteiger partial charge is 0.307 e. The molecule has 0 radical (unpaired) electrons. The summed E-state index contributed by atoms with van der Waals surface area (Å²) in [6, 6.07) is 10.4. The van der Waals surface area contributed by atoms with Crippen LogP contribution in [-0.2, 0) is 12.7 Å². The number of hydrogen-bond donors (Lipinski definition) is 0. The van der Waals surface area contributed by atoms with E-state index in [1.165, 1.54) is 36.3 Å². The summed E-state index contributed by atoms with van der Waals surface area (Å²) in [5, 5.41) is 9.32. The highest BCUT2D eigenvalue weighted by atomic mass is 32.1. The average molecular weight is 531 g/mol. The third-order valence-corrected chi connectivity index (χ3v) is 7.88. The van der Waals surface area contributed by atoms with Crippen molar-refractivity contribution in [1.82, 2.24) is 4.90 Å². The van der Waals surface area contributed by atoms with Crippen LogP contribution in [0.3, 0.4) is 0 Å². The van der Waals surface area contributed by atoms with Crippen LogP contribution in [0.4, 0.5) is 28.9 Å². The van der Waals surface area contributed by atoms with Gasteiger partial charge in [0.15, 0.2) is 5.11 Å². The number of halogens is 4. The van der Waals surface area contributed by atoms with Gasteiger partial charge in [-0.2, -0.15) is 18.4 Å². The van der Waals surface area contributed by atoms with Crippen molar-refractivity contribution in [3.63, 3.8) is 0 Å². The molecule has 9 heteroatoms. The van der Waals surface area contributed by atoms with E-state index in [2.05, 4.69) is 11.5 Å². The van der Waals surface area contributed by atoms with Crippen LogP contribution in [0.2, 0.25) is 0 Å². The number of hydrogen-bond acceptors (Lipinski definition) is 3. The van der Waals surface area contributed by atoms with E-state index in [-0.39, 0.29) is 16.6 Å². The highest BCUT2D eigenvalue weighted by molar-refractivity contribution is 7.80. The van der Waals surface area contributed by atoms with E-state index in [9.17, 15) is 13.2 Å². The van der Waals surface area contributed by atoms with Crippen LogP contribution in [0.15, 0.2) is 48.7 Å². The molecule has 2 aliphatic rings. The van der Waals surface area contributed by atoms with Crippen molar-refractivity contribution >= 4 is 28.7 Å². The van der Waals surface area contributed by atoms with Gasteiger partial charge in [-0.25, -0.2) is 4.39 Å². The highest BCUT2D eigenvalue weighted by Crippen LogP contribution is 2.43. The maximum Gasteiger partial charge on any atom is 0.417 e. The van der Waals surface area contributed by atoms with E-state index in [4.69, 9.17) is 17.5 Å². The van der Waals surface area contributed by atoms with Crippen molar-refractivity contribution in [2.75, 3.05) is 16.8 Å². The fourth-order valence-corrected chi connectivity index (χ4v) is 5.83. The third-order valence-electron chi connectivity index (χ3n) is 7.52. The summed E-state index contributed by atoms with van der Waals surface area (Å²) in [7, 11) is 2.02. The van der Waals surface area contributed by atoms with Crippen molar-refractivity contribution in [2.45, 2.75) is 70.3 Å². The standard InChI is InChI=1S/C28H30F4N4S/c1-18-27(2,3)36(26(37)35(18)22-12-10-19(16-33)24(14-22)28(30,31)32)23-13-11-20(25(29)15-23)17-34(4)21-8-6-5-7-9-21/h10-15,21H,1,5-9,17H2,2-4H3. The quantitative estimate of drug-likeness (QED) is 0.298. The van der Waals surface area contributed by atoms with Crippen molar-refractivity contribution in [2.24, 2.45) is 0 Å². The Kier molecular flexibility index (Phi) is 7.37. The van der Waals surface area contributed by atoms with Gasteiger partial charge in [-0.15, -0.1) is 0 Å². The molecule has 0 unspecified atom stereocenters. The summed E-state index contributed by atoms with van der Waals surface area (Å²) in [6.45, 7) is 8.27. The second-order valence-corrected chi connectivity index (χ2v) is 10.6. The fourth-order valence-electron chi connectivity index (χ4n) is 5.28. The highest BCUT2D eigenvalue weighted by Gasteiger charge is 2.46. The van der Waals surface area contributed by atoms with Crippen molar-refractivity contribution in [1.29, 1.82) is 5.26 Å². The minimum Gasteiger partial charge on any atom is -0.307 e. The first-order chi connectivity index (χ1) is 17.4. The number of benzene rings is 2. The van der Waals surface area contributed by atoms with Crippen LogP contribution in [0.5, 0.6) is 0 Å². The number of alkyl halides is 3. The van der Waals surface area contributed by atoms with Gasteiger partial charge in [0.1, 0.15) is 5.82 Å². The Balaban J connectivity index is 1.63. The zero-order valence-corrected chi connectivity index (χ0v) is 22.0. The molecule has 1 aliphatic heterocycles. The molecule has 0 N–H and O–H groups in total. The molecule has 0 bridgehead atoms. The average Bonchev–Trinajstić information content (AvgIpc) is 3.03. The van der Waals surface area contributed by atoms with Gasteiger partial charge >= 0.3 is 6.18 Å². The molecule has 1 saturated carbocycles. The summed E-state index contributed by atoms with van der Waals surface area (Å²) in [5.41, 5.74) is -0.700. The van der Waals surface area contributed by atoms with Gasteiger partial charge in [-0.1, -0.05) is 31.9 Å². The molecule has 4 rings (SSSR count). The Hall–Kier alpha value is -2.96. The van der Waals surface area contributed by atoms with Gasteiger partial charge in [0.05, 0.1) is 22.7 Å². The predicted molar refractivity (Wildman–Crippen MR) is 142 cm³/mol. The SMILES string of the molecule is C=C1N(c2ccc(C#N)c(C(F)(F)F)c2)C(=S)N(c2ccc(CN(C)C3CCCCC3)c(F)c2)C1(C)C. The molecule has 2 aromatic carbocycles. The molecule has 1 aliphatic carbocycles. The molecule has 1 saturated heterocycles. The van der Waals surface area contributed by atoms with Crippen LogP contribution in [0.25, 0.3) is 0 Å². The van der Waals surface area contributed by atoms with E-state index in [0.29, 0.717) is 29.5 Å². The lowest BCUT2D eigenvalue weighted by atomic mass is 9.94. The summed E-state index contributed by atoms with van der Waals surface area (Å²) in [6.07, 6.45) is 1.18. The van der Waals surface area contributed by atoms with Crippen molar-refractivity contribution in [3.05, 3.63) is 71.2 Å². The summed E-state index contributed by atoms with van der Waals surface area (Å²) >= 11 is 5.70. The van der Waals surface area contributed by atoms with Gasteiger partial charge in [-0.05, 0) is 76.3 Å². The zero-order valence-electron chi connectivity index (χ0n) is 21.2. The maximum absolute atomic E-state index is 15.3. The first kappa shape index (κ1) is 27.1. The predicted octanol–water partition coefficient (Wildman–Crippen LogP) is 7.38. The van der Waals surface area contributed by atoms with Crippen LogP contribution >= 0.6 is 12.2 Å². The molecule has 0 aromatic heterocycles. The Morgan fingerprint density at radius 3 is 2.35 bits per heavy atom. The first-order valence-corrected chi connectivity index (χ1v) is 12.7. The summed E-state index contributed by atoms with van der Waals surface area (Å²) in [5.74, 6) is -0.361. The summed E-state index contributed by atoms with van der Waals surface area (Å²) < 4.78 is 56.1. The maximum atomic E-state index is 15.3. The number of nitrogens with zero attached hydrogens (tertiary/aromatic N) is 4. The Morgan fingerprint density at radius 1 is 1.11 bits per heavy atom. The van der Waals surface area contributed by atoms with Gasteiger partial charge in [0.25, 0.3) is 0 Å². The molecule has 0 spiro atoms. The monoisotopic (exact) mass is 530 g/mol. The van der Waals surface area contributed by atoms with Crippen LogP contribution in [0.1, 0.15) is 62.6 Å². The number of rotatable bonds is 5. The first-order valence-electron chi connectivity index (χ1n) is 12.3. The van der Waals surface area contributed by atoms with Crippen LogP contribution in [0, 0.1) is 17.1 Å². The molecule has 0 amide bonds. The second-order valence-electron chi connectivity index (χ2n) is 10.3. The Morgan fingerprint density at radius 2 is 1.76 bits per heavy atom. The van der Waals surface area contributed by atoms with Gasteiger partial charge < -0.3 is 4.90 Å². The summed E-state index contributed by atoms with van der Waals surface area (Å²) in [4.78, 5) is 5.36. The molecule has 37 heavy (non-hydrogen) atoms. The van der Waals surface area contributed by atoms with Crippen molar-refractivity contribution in [3.8, 4) is 6.07 Å². The van der Waals surface area contributed by atoms with Gasteiger partial charge in [0, 0.05) is 35.2 Å². The second kappa shape index (κ2) is 10.1. The zero-order chi connectivity index (χ0) is 27.1. The largest absolute Gasteiger partial charge is 0.417 e. The van der Waals surface area contributed by atoms with E-state index >= 15 is 4.39 Å². The number of nitriles is 1. The van der Waals surface area contributed by atoms with Crippen molar-refractivity contribution < 1.29 is 17.6 Å². The fraction of sp³-hybridized carbons (Fsp3) is 0.429. The number of thiocarbonyl (C=S) groups is 1. The van der Waals surface area contributed by atoms with E-state index < -0.39 is 22.8 Å². The minimum absolute atomic E-state index is 0.142. The molecule has 2 fully saturated rings. The van der Waals surface area contributed by atoms with E-state index in [1.807, 2.05) is 20.9 Å². The molecule has 2 aromatic rings. The Labute approximate surface area is 220 Å². The number of anilines is 2. The lowest BCUT2D eigenvalue weighted by molar-refractivity contribution is -0.137. The van der Waals surface area contributed by atoms with E-state index in [1.54, 1.807) is 23.1 Å². The molecule has 1 heterocycles. The molecular formula is C28H30F4N4S. The van der Waals surface area contributed by atoms with Gasteiger partial charge in [-0.3, -0.25) is 9.80 Å². The normalized spacial score (nSPS) is 18.6. The molecule has 0 atom stereocenters. The van der Waals surface area contributed by atoms with Gasteiger partial charge in [0.2, 0.25) is 0 Å². The Bertz CT molecular complexity index is 1260. The third kappa shape index (κ3) is 5.10. The molecule has 4 nitrogen and oxygen atoms in total. The lowest BCUT2D eigenvalue weighted by Crippen LogP contribution is -2.41. The molecule has 196 valence electrons. The van der Waals surface area contributed by atoms with Crippen LogP contribution in [-0.4, -0.2) is 28.6 Å².